The molecule has 0 unspecified atom stereocenters. The van der Waals surface area contributed by atoms with Crippen LogP contribution < -0.4 is 0 Å². The summed E-state index contributed by atoms with van der Waals surface area (Å²) in [5.41, 5.74) is 9.30. The molecule has 2 aromatic rings. The summed E-state index contributed by atoms with van der Waals surface area (Å²) in [7, 11) is 1.50. The standard InChI is InChI=1S/C25H33NO2/c1-17(19-8-9-21(26-15-19)16-28-27-7)12-20-14-23-22(13-18(20)2)24(3,4)10-11-25(23,5)6/h8-9,12-15H,10-11,16H2,1-7H3/b17-12-. The number of aryl methyl sites for hydroxylation is 1. The van der Waals surface area contributed by atoms with Crippen LogP contribution in [-0.4, -0.2) is 12.1 Å². The lowest BCUT2D eigenvalue weighted by atomic mass is 9.62. The van der Waals surface area contributed by atoms with Crippen LogP contribution in [0.3, 0.4) is 0 Å². The summed E-state index contributed by atoms with van der Waals surface area (Å²) in [6.07, 6.45) is 6.66. The highest BCUT2D eigenvalue weighted by atomic mass is 17.2. The number of benzene rings is 1. The maximum atomic E-state index is 4.94. The van der Waals surface area contributed by atoms with Crippen molar-refractivity contribution in [3.63, 3.8) is 0 Å². The molecule has 1 heterocycles. The Bertz CT molecular complexity index is 876. The summed E-state index contributed by atoms with van der Waals surface area (Å²) in [4.78, 5) is 14.1. The molecule has 1 aliphatic rings. The second-order valence-electron chi connectivity index (χ2n) is 9.32. The number of fused-ring (bicyclic) bond motifs is 1. The molecule has 0 fully saturated rings. The van der Waals surface area contributed by atoms with Crippen molar-refractivity contribution >= 4 is 11.6 Å². The normalized spacial score (nSPS) is 18.0. The van der Waals surface area contributed by atoms with Gasteiger partial charge in [0.2, 0.25) is 0 Å². The monoisotopic (exact) mass is 379 g/mol. The maximum Gasteiger partial charge on any atom is 0.124 e. The van der Waals surface area contributed by atoms with Gasteiger partial charge in [0.05, 0.1) is 12.8 Å². The van der Waals surface area contributed by atoms with E-state index in [2.05, 4.69) is 75.7 Å². The summed E-state index contributed by atoms with van der Waals surface area (Å²) in [6, 6.07) is 8.91. The fourth-order valence-electron chi connectivity index (χ4n) is 4.07. The first-order chi connectivity index (χ1) is 13.1. The Morgan fingerprint density at radius 2 is 1.71 bits per heavy atom. The highest BCUT2D eigenvalue weighted by Crippen LogP contribution is 2.46. The topological polar surface area (TPSA) is 31.4 Å². The van der Waals surface area contributed by atoms with Crippen molar-refractivity contribution < 1.29 is 9.78 Å². The second kappa shape index (κ2) is 7.81. The Morgan fingerprint density at radius 3 is 2.29 bits per heavy atom. The molecular weight excluding hydrogens is 346 g/mol. The van der Waals surface area contributed by atoms with Crippen LogP contribution in [-0.2, 0) is 27.2 Å². The van der Waals surface area contributed by atoms with Crippen molar-refractivity contribution in [2.24, 2.45) is 0 Å². The minimum Gasteiger partial charge on any atom is -0.258 e. The molecule has 0 radical (unpaired) electrons. The molecule has 0 bridgehead atoms. The van der Waals surface area contributed by atoms with Gasteiger partial charge in [-0.15, -0.1) is 0 Å². The van der Waals surface area contributed by atoms with Gasteiger partial charge in [-0.25, -0.2) is 9.78 Å². The Hall–Kier alpha value is -1.97. The maximum absolute atomic E-state index is 4.94. The SMILES string of the molecule is COOCc1ccc(/C(C)=C\c2cc3c(cc2C)C(C)(C)CCC3(C)C)cn1. The molecule has 0 amide bonds. The van der Waals surface area contributed by atoms with Gasteiger partial charge < -0.3 is 0 Å². The van der Waals surface area contributed by atoms with Crippen LogP contribution in [0.15, 0.2) is 30.5 Å². The van der Waals surface area contributed by atoms with Crippen LogP contribution in [0.25, 0.3) is 11.6 Å². The van der Waals surface area contributed by atoms with Gasteiger partial charge in [-0.2, -0.15) is 0 Å². The van der Waals surface area contributed by atoms with Crippen molar-refractivity contribution in [3.8, 4) is 0 Å². The van der Waals surface area contributed by atoms with Gasteiger partial charge in [0.15, 0.2) is 0 Å². The molecule has 0 N–H and O–H groups in total. The number of allylic oxidation sites excluding steroid dienone is 1. The third-order valence-corrected chi connectivity index (χ3v) is 6.22. The van der Waals surface area contributed by atoms with Gasteiger partial charge in [-0.1, -0.05) is 52.0 Å². The predicted molar refractivity (Wildman–Crippen MR) is 116 cm³/mol. The Kier molecular flexibility index (Phi) is 5.79. The van der Waals surface area contributed by atoms with Crippen LogP contribution in [0.1, 0.15) is 81.0 Å². The molecule has 150 valence electrons. The first-order valence-electron chi connectivity index (χ1n) is 10.1. The predicted octanol–water partition coefficient (Wildman–Crippen LogP) is 6.38. The van der Waals surface area contributed by atoms with E-state index in [1.807, 2.05) is 12.3 Å². The van der Waals surface area contributed by atoms with Gasteiger partial charge >= 0.3 is 0 Å². The molecule has 0 saturated carbocycles. The summed E-state index contributed by atoms with van der Waals surface area (Å²) in [5.74, 6) is 0. The molecule has 28 heavy (non-hydrogen) atoms. The summed E-state index contributed by atoms with van der Waals surface area (Å²) in [6.45, 7) is 14.2. The van der Waals surface area contributed by atoms with Crippen LogP contribution in [0.5, 0.6) is 0 Å². The minimum absolute atomic E-state index is 0.222. The largest absolute Gasteiger partial charge is 0.258 e. The quantitative estimate of drug-likeness (QED) is 0.446. The molecule has 3 rings (SSSR count). The van der Waals surface area contributed by atoms with Gasteiger partial charge in [0.1, 0.15) is 6.61 Å². The molecule has 1 aromatic heterocycles. The van der Waals surface area contributed by atoms with Crippen molar-refractivity contribution in [1.82, 2.24) is 4.98 Å². The lowest BCUT2D eigenvalue weighted by Crippen LogP contribution is -2.34. The summed E-state index contributed by atoms with van der Waals surface area (Å²) in [5, 5.41) is 0. The molecule has 3 heteroatoms. The third kappa shape index (κ3) is 4.21. The number of pyridine rings is 1. The zero-order valence-electron chi connectivity index (χ0n) is 18.3. The van der Waals surface area contributed by atoms with E-state index >= 15 is 0 Å². The van der Waals surface area contributed by atoms with E-state index in [9.17, 15) is 0 Å². The smallest absolute Gasteiger partial charge is 0.124 e. The highest BCUT2D eigenvalue weighted by molar-refractivity contribution is 5.81. The van der Waals surface area contributed by atoms with E-state index in [1.54, 1.807) is 0 Å². The summed E-state index contributed by atoms with van der Waals surface area (Å²) >= 11 is 0. The molecule has 3 nitrogen and oxygen atoms in total. The third-order valence-electron chi connectivity index (χ3n) is 6.22. The zero-order chi connectivity index (χ0) is 20.5. The van der Waals surface area contributed by atoms with Gasteiger partial charge in [0, 0.05) is 6.20 Å². The van der Waals surface area contributed by atoms with Gasteiger partial charge in [-0.05, 0) is 77.0 Å². The number of nitrogens with zero attached hydrogens (tertiary/aromatic N) is 1. The van der Waals surface area contributed by atoms with Crippen LogP contribution in [0.2, 0.25) is 0 Å². The summed E-state index contributed by atoms with van der Waals surface area (Å²) < 4.78 is 0. The van der Waals surface area contributed by atoms with E-state index in [0.29, 0.717) is 6.61 Å². The average molecular weight is 380 g/mol. The van der Waals surface area contributed by atoms with Gasteiger partial charge in [-0.3, -0.25) is 4.98 Å². The minimum atomic E-state index is 0.222. The first kappa shape index (κ1) is 20.8. The lowest BCUT2D eigenvalue weighted by Gasteiger charge is -2.42. The van der Waals surface area contributed by atoms with Crippen LogP contribution in [0.4, 0.5) is 0 Å². The molecule has 0 saturated heterocycles. The Labute approximate surface area is 169 Å². The van der Waals surface area contributed by atoms with E-state index in [1.165, 1.54) is 47.8 Å². The van der Waals surface area contributed by atoms with Crippen molar-refractivity contribution in [2.45, 2.75) is 71.8 Å². The molecule has 0 spiro atoms. The Morgan fingerprint density at radius 1 is 1.07 bits per heavy atom. The van der Waals surface area contributed by atoms with Crippen molar-refractivity contribution in [2.75, 3.05) is 7.11 Å². The van der Waals surface area contributed by atoms with E-state index < -0.39 is 0 Å². The molecule has 1 aromatic carbocycles. The fourth-order valence-corrected chi connectivity index (χ4v) is 4.07. The van der Waals surface area contributed by atoms with E-state index in [-0.39, 0.29) is 10.8 Å². The molecule has 0 aliphatic heterocycles. The lowest BCUT2D eigenvalue weighted by molar-refractivity contribution is -0.282. The van der Waals surface area contributed by atoms with Crippen LogP contribution in [0, 0.1) is 6.92 Å². The average Bonchev–Trinajstić information content (AvgIpc) is 2.65. The number of hydrogen-bond donors (Lipinski definition) is 0. The van der Waals surface area contributed by atoms with E-state index in [0.717, 1.165) is 11.3 Å². The molecule has 1 aliphatic carbocycles. The first-order valence-corrected chi connectivity index (χ1v) is 10.1. The van der Waals surface area contributed by atoms with Crippen molar-refractivity contribution in [3.05, 3.63) is 64.0 Å². The Balaban J connectivity index is 1.95. The number of aromatic nitrogens is 1. The van der Waals surface area contributed by atoms with Crippen LogP contribution >= 0.6 is 0 Å². The number of hydrogen-bond acceptors (Lipinski definition) is 3. The second-order valence-corrected chi connectivity index (χ2v) is 9.32. The zero-order valence-corrected chi connectivity index (χ0v) is 18.3. The molecular formula is C25H33NO2. The highest BCUT2D eigenvalue weighted by Gasteiger charge is 2.37. The number of rotatable bonds is 5. The van der Waals surface area contributed by atoms with E-state index in [4.69, 9.17) is 4.89 Å². The fraction of sp³-hybridized carbons (Fsp3) is 0.480. The van der Waals surface area contributed by atoms with Gasteiger partial charge in [0.25, 0.3) is 0 Å². The van der Waals surface area contributed by atoms with Crippen molar-refractivity contribution in [1.29, 1.82) is 0 Å². The molecule has 0 atom stereocenters.